The zero-order chi connectivity index (χ0) is 7.49. The lowest BCUT2D eigenvalue weighted by atomic mass is 10.4. The minimum atomic E-state index is -0.936. The van der Waals surface area contributed by atoms with Crippen LogP contribution in [0.1, 0.15) is 13.8 Å². The summed E-state index contributed by atoms with van der Waals surface area (Å²) < 4.78 is 4.76. The van der Waals surface area contributed by atoms with Crippen molar-refractivity contribution >= 4 is 0 Å². The Morgan fingerprint density at radius 2 is 2.22 bits per heavy atom. The van der Waals surface area contributed by atoms with E-state index in [1.807, 2.05) is 0 Å². The Labute approximate surface area is 55.0 Å². The number of nitrogens with one attached hydrogen (secondary N) is 1. The van der Waals surface area contributed by atoms with Gasteiger partial charge in [-0.3, -0.25) is 11.1 Å². The summed E-state index contributed by atoms with van der Waals surface area (Å²) in [7, 11) is 1.47. The molecule has 0 bridgehead atoms. The molecule has 9 heavy (non-hydrogen) atoms. The molecule has 0 aromatic carbocycles. The summed E-state index contributed by atoms with van der Waals surface area (Å²) in [6.07, 6.45) is -0.653. The summed E-state index contributed by atoms with van der Waals surface area (Å²) in [5.41, 5.74) is 5.42. The zero-order valence-corrected chi connectivity index (χ0v) is 6.01. The molecule has 0 heterocycles. The number of hydrogen-bond acceptors (Lipinski definition) is 4. The van der Waals surface area contributed by atoms with Gasteiger partial charge in [0.25, 0.3) is 0 Å². The zero-order valence-electron chi connectivity index (χ0n) is 6.01. The quantitative estimate of drug-likeness (QED) is 0.442. The highest BCUT2D eigenvalue weighted by molar-refractivity contribution is 4.61. The molecule has 56 valence electrons. The van der Waals surface area contributed by atoms with Gasteiger partial charge in [-0.25, -0.2) is 0 Å². The Balaban J connectivity index is 3.58. The summed E-state index contributed by atoms with van der Waals surface area (Å²) in [6.45, 7) is 3.20. The largest absolute Gasteiger partial charge is 0.379 e. The fourth-order valence-corrected chi connectivity index (χ4v) is 0.474. The Morgan fingerprint density at radius 3 is 2.33 bits per heavy atom. The number of ether oxygens (including phenoxy) is 1. The van der Waals surface area contributed by atoms with Crippen molar-refractivity contribution in [3.8, 4) is 0 Å². The summed E-state index contributed by atoms with van der Waals surface area (Å²) in [4.78, 5) is 0. The maximum Gasteiger partial charge on any atom is 0.170 e. The minimum absolute atomic E-state index is 0.653. The highest BCUT2D eigenvalue weighted by Crippen LogP contribution is 1.93. The van der Waals surface area contributed by atoms with Gasteiger partial charge in [-0.05, 0) is 13.8 Å². The van der Waals surface area contributed by atoms with Crippen molar-refractivity contribution in [1.82, 2.24) is 5.32 Å². The molecule has 0 spiro atoms. The van der Waals surface area contributed by atoms with E-state index in [2.05, 4.69) is 5.32 Å². The molecule has 4 heteroatoms. The normalized spacial score (nSPS) is 21.0. The van der Waals surface area contributed by atoms with E-state index in [-0.39, 0.29) is 0 Å². The Bertz CT molecular complexity index is 83.0. The van der Waals surface area contributed by atoms with Gasteiger partial charge in [-0.2, -0.15) is 0 Å². The highest BCUT2D eigenvalue weighted by Gasteiger charge is 2.17. The van der Waals surface area contributed by atoms with Crippen molar-refractivity contribution < 1.29 is 9.84 Å². The Hall–Kier alpha value is -0.160. The van der Waals surface area contributed by atoms with Crippen molar-refractivity contribution in [2.24, 2.45) is 5.73 Å². The lowest BCUT2D eigenvalue weighted by Gasteiger charge is -2.25. The first-order chi connectivity index (χ1) is 3.98. The van der Waals surface area contributed by atoms with Gasteiger partial charge in [0.15, 0.2) is 5.85 Å². The van der Waals surface area contributed by atoms with E-state index in [4.69, 9.17) is 15.6 Å². The van der Waals surface area contributed by atoms with Crippen molar-refractivity contribution in [3.63, 3.8) is 0 Å². The molecule has 0 aromatic heterocycles. The third kappa shape index (κ3) is 4.35. The first-order valence-electron chi connectivity index (χ1n) is 2.78. The standard InChI is InChI=1S/C5H14N2O2/c1-4(8)7-5(2,6)9-3/h4,7-8H,6H2,1-3H3. The summed E-state index contributed by atoms with van der Waals surface area (Å²) >= 11 is 0. The maximum absolute atomic E-state index is 8.75. The van der Waals surface area contributed by atoms with Crippen molar-refractivity contribution in [1.29, 1.82) is 0 Å². The number of nitrogens with two attached hydrogens (primary N) is 1. The van der Waals surface area contributed by atoms with Crippen LogP contribution in [0.2, 0.25) is 0 Å². The monoisotopic (exact) mass is 134 g/mol. The first-order valence-corrected chi connectivity index (χ1v) is 2.78. The van der Waals surface area contributed by atoms with Gasteiger partial charge < -0.3 is 9.84 Å². The van der Waals surface area contributed by atoms with Gasteiger partial charge in [0.05, 0.1) is 0 Å². The molecule has 4 N–H and O–H groups in total. The topological polar surface area (TPSA) is 67.5 Å². The molecule has 0 aliphatic carbocycles. The second-order valence-electron chi connectivity index (χ2n) is 2.13. The van der Waals surface area contributed by atoms with Crippen LogP contribution in [-0.4, -0.2) is 24.3 Å². The van der Waals surface area contributed by atoms with E-state index in [1.54, 1.807) is 13.8 Å². The van der Waals surface area contributed by atoms with E-state index in [1.165, 1.54) is 7.11 Å². The third-order valence-electron chi connectivity index (χ3n) is 0.920. The SMILES string of the molecule is COC(C)(N)NC(C)O. The van der Waals surface area contributed by atoms with Crippen LogP contribution < -0.4 is 11.1 Å². The van der Waals surface area contributed by atoms with Crippen LogP contribution in [0.25, 0.3) is 0 Å². The molecular weight excluding hydrogens is 120 g/mol. The average Bonchev–Trinajstić information content (AvgIpc) is 1.63. The fraction of sp³-hybridized carbons (Fsp3) is 1.00. The molecular formula is C5H14N2O2. The predicted octanol–water partition coefficient (Wildman–Crippen LogP) is -0.807. The second kappa shape index (κ2) is 3.12. The van der Waals surface area contributed by atoms with Crippen LogP contribution in [0.15, 0.2) is 0 Å². The van der Waals surface area contributed by atoms with Crippen LogP contribution in [0.4, 0.5) is 0 Å². The molecule has 0 aliphatic rings. The number of hydrogen-bond donors (Lipinski definition) is 3. The van der Waals surface area contributed by atoms with Crippen LogP contribution in [0.5, 0.6) is 0 Å². The molecule has 0 radical (unpaired) electrons. The minimum Gasteiger partial charge on any atom is -0.379 e. The van der Waals surface area contributed by atoms with E-state index < -0.39 is 12.1 Å². The Kier molecular flexibility index (Phi) is 3.07. The number of methoxy groups -OCH3 is 1. The lowest BCUT2D eigenvalue weighted by molar-refractivity contribution is -0.0558. The number of aliphatic hydroxyl groups is 1. The smallest absolute Gasteiger partial charge is 0.170 e. The molecule has 0 rings (SSSR count). The summed E-state index contributed by atoms with van der Waals surface area (Å²) in [5, 5.41) is 11.3. The summed E-state index contributed by atoms with van der Waals surface area (Å²) in [5.74, 6) is -0.936. The molecule has 2 unspecified atom stereocenters. The van der Waals surface area contributed by atoms with Crippen LogP contribution in [0, 0.1) is 0 Å². The first kappa shape index (κ1) is 8.84. The van der Waals surface area contributed by atoms with Gasteiger partial charge in [0.2, 0.25) is 0 Å². The number of rotatable bonds is 3. The van der Waals surface area contributed by atoms with Gasteiger partial charge in [0.1, 0.15) is 6.23 Å². The van der Waals surface area contributed by atoms with Gasteiger partial charge >= 0.3 is 0 Å². The molecule has 0 fully saturated rings. The maximum atomic E-state index is 8.75. The molecule has 0 aliphatic heterocycles. The van der Waals surface area contributed by atoms with E-state index in [0.29, 0.717) is 0 Å². The van der Waals surface area contributed by atoms with Gasteiger partial charge in [0, 0.05) is 7.11 Å². The average molecular weight is 134 g/mol. The second-order valence-corrected chi connectivity index (χ2v) is 2.13. The fourth-order valence-electron chi connectivity index (χ4n) is 0.474. The van der Waals surface area contributed by atoms with Crippen molar-refractivity contribution in [2.45, 2.75) is 25.9 Å². The van der Waals surface area contributed by atoms with E-state index in [0.717, 1.165) is 0 Å². The van der Waals surface area contributed by atoms with Crippen LogP contribution in [-0.2, 0) is 4.74 Å². The predicted molar refractivity (Wildman–Crippen MR) is 34.4 cm³/mol. The number of aliphatic hydroxyl groups excluding tert-OH is 1. The molecule has 0 saturated heterocycles. The van der Waals surface area contributed by atoms with Crippen molar-refractivity contribution in [3.05, 3.63) is 0 Å². The summed E-state index contributed by atoms with van der Waals surface area (Å²) in [6, 6.07) is 0. The molecule has 2 atom stereocenters. The third-order valence-corrected chi connectivity index (χ3v) is 0.920. The Morgan fingerprint density at radius 1 is 1.78 bits per heavy atom. The van der Waals surface area contributed by atoms with Gasteiger partial charge in [-0.15, -0.1) is 0 Å². The van der Waals surface area contributed by atoms with E-state index in [9.17, 15) is 0 Å². The van der Waals surface area contributed by atoms with Crippen molar-refractivity contribution in [2.75, 3.05) is 7.11 Å². The molecule has 0 aromatic rings. The van der Waals surface area contributed by atoms with E-state index >= 15 is 0 Å². The highest BCUT2D eigenvalue weighted by atomic mass is 16.5. The molecule has 0 amide bonds. The lowest BCUT2D eigenvalue weighted by Crippen LogP contribution is -2.55. The molecule has 4 nitrogen and oxygen atoms in total. The van der Waals surface area contributed by atoms with Crippen LogP contribution >= 0.6 is 0 Å². The molecule has 0 saturated carbocycles. The van der Waals surface area contributed by atoms with Crippen LogP contribution in [0.3, 0.4) is 0 Å². The van der Waals surface area contributed by atoms with Gasteiger partial charge in [-0.1, -0.05) is 0 Å².